The molecule has 2 N–H and O–H groups in total. The largest absolute Gasteiger partial charge is 0.497 e. The zero-order valence-corrected chi connectivity index (χ0v) is 19.6. The van der Waals surface area contributed by atoms with Crippen LogP contribution in [0.4, 0.5) is 5.69 Å². The van der Waals surface area contributed by atoms with Crippen LogP contribution in [0.5, 0.6) is 5.75 Å². The summed E-state index contributed by atoms with van der Waals surface area (Å²) < 4.78 is 37.6. The van der Waals surface area contributed by atoms with Crippen LogP contribution in [0.1, 0.15) is 23.2 Å². The Kier molecular flexibility index (Phi) is 8.29. The number of amides is 2. The first-order valence-electron chi connectivity index (χ1n) is 10.7. The van der Waals surface area contributed by atoms with Gasteiger partial charge in [-0.2, -0.15) is 0 Å². The molecule has 0 unspecified atom stereocenters. The number of piperidine rings is 1. The van der Waals surface area contributed by atoms with Gasteiger partial charge >= 0.3 is 0 Å². The van der Waals surface area contributed by atoms with Gasteiger partial charge in [0.25, 0.3) is 15.9 Å². The molecule has 9 nitrogen and oxygen atoms in total. The molecule has 1 heterocycles. The van der Waals surface area contributed by atoms with E-state index >= 15 is 0 Å². The maximum atomic E-state index is 12.8. The Morgan fingerprint density at radius 2 is 1.64 bits per heavy atom. The molecule has 0 saturated carbocycles. The lowest BCUT2D eigenvalue weighted by Gasteiger charge is -2.31. The van der Waals surface area contributed by atoms with Crippen molar-refractivity contribution >= 4 is 27.5 Å². The highest BCUT2D eigenvalue weighted by molar-refractivity contribution is 7.92. The number of nitrogens with zero attached hydrogens (tertiary/aromatic N) is 1. The standard InChI is InChI=1S/C23H29N3O6S/c1-31-16-13-24-22(27)17-11-14-26(15-12-17)23(28)18-3-5-19(6-4-18)25-33(29,30)21-9-7-20(32-2)8-10-21/h3-10,17,25H,11-16H2,1-2H3,(H,24,27). The Bertz CT molecular complexity index is 1050. The number of carbonyl (C=O) groups excluding carboxylic acids is 2. The smallest absolute Gasteiger partial charge is 0.261 e. The number of hydrogen-bond donors (Lipinski definition) is 2. The van der Waals surface area contributed by atoms with E-state index in [-0.39, 0.29) is 22.6 Å². The lowest BCUT2D eigenvalue weighted by atomic mass is 9.95. The number of anilines is 1. The summed E-state index contributed by atoms with van der Waals surface area (Å²) in [4.78, 5) is 26.8. The lowest BCUT2D eigenvalue weighted by Crippen LogP contribution is -2.43. The molecule has 0 aromatic heterocycles. The number of methoxy groups -OCH3 is 2. The molecule has 0 atom stereocenters. The van der Waals surface area contributed by atoms with Crippen molar-refractivity contribution in [2.45, 2.75) is 17.7 Å². The van der Waals surface area contributed by atoms with Crippen LogP contribution in [-0.2, 0) is 19.6 Å². The average Bonchev–Trinajstić information content (AvgIpc) is 2.84. The van der Waals surface area contributed by atoms with Crippen LogP contribution in [0, 0.1) is 5.92 Å². The van der Waals surface area contributed by atoms with E-state index in [2.05, 4.69) is 10.0 Å². The average molecular weight is 476 g/mol. The van der Waals surface area contributed by atoms with Gasteiger partial charge in [-0.15, -0.1) is 0 Å². The Morgan fingerprint density at radius 3 is 2.21 bits per heavy atom. The Labute approximate surface area is 194 Å². The summed E-state index contributed by atoms with van der Waals surface area (Å²) in [6.45, 7) is 1.93. The van der Waals surface area contributed by atoms with Gasteiger partial charge in [0, 0.05) is 43.9 Å². The number of likely N-dealkylation sites (tertiary alicyclic amines) is 1. The van der Waals surface area contributed by atoms with Crippen molar-refractivity contribution < 1.29 is 27.5 Å². The van der Waals surface area contributed by atoms with Gasteiger partial charge in [0.1, 0.15) is 5.75 Å². The van der Waals surface area contributed by atoms with E-state index in [1.807, 2.05) is 0 Å². The summed E-state index contributed by atoms with van der Waals surface area (Å²) in [6, 6.07) is 12.4. The number of benzene rings is 2. The molecule has 2 aromatic carbocycles. The number of rotatable bonds is 9. The van der Waals surface area contributed by atoms with Gasteiger partial charge in [-0.1, -0.05) is 0 Å². The summed E-state index contributed by atoms with van der Waals surface area (Å²) >= 11 is 0. The lowest BCUT2D eigenvalue weighted by molar-refractivity contribution is -0.126. The van der Waals surface area contributed by atoms with Crippen molar-refractivity contribution in [3.8, 4) is 5.75 Å². The minimum atomic E-state index is -3.76. The highest BCUT2D eigenvalue weighted by Gasteiger charge is 2.27. The maximum absolute atomic E-state index is 12.8. The number of ether oxygens (including phenoxy) is 2. The van der Waals surface area contributed by atoms with Gasteiger partial charge in [0.2, 0.25) is 5.91 Å². The third-order valence-electron chi connectivity index (χ3n) is 5.51. The van der Waals surface area contributed by atoms with Gasteiger partial charge in [0.15, 0.2) is 0 Å². The summed E-state index contributed by atoms with van der Waals surface area (Å²) in [5.41, 5.74) is 0.819. The highest BCUT2D eigenvalue weighted by atomic mass is 32.2. The molecule has 0 bridgehead atoms. The monoisotopic (exact) mass is 475 g/mol. The zero-order chi connectivity index (χ0) is 23.8. The van der Waals surface area contributed by atoms with Crippen molar-refractivity contribution in [1.82, 2.24) is 10.2 Å². The third-order valence-corrected chi connectivity index (χ3v) is 6.91. The topological polar surface area (TPSA) is 114 Å². The summed E-state index contributed by atoms with van der Waals surface area (Å²) in [6.07, 6.45) is 1.20. The van der Waals surface area contributed by atoms with Crippen LogP contribution >= 0.6 is 0 Å². The second kappa shape index (κ2) is 11.2. The SMILES string of the molecule is COCCNC(=O)C1CCN(C(=O)c2ccc(NS(=O)(=O)c3ccc(OC)cc3)cc2)CC1. The van der Waals surface area contributed by atoms with E-state index < -0.39 is 10.0 Å². The molecule has 2 aromatic rings. The van der Waals surface area contributed by atoms with Crippen molar-refractivity contribution in [1.29, 1.82) is 0 Å². The second-order valence-electron chi connectivity index (χ2n) is 7.71. The molecule has 1 fully saturated rings. The molecule has 0 spiro atoms. The first-order valence-corrected chi connectivity index (χ1v) is 12.1. The van der Waals surface area contributed by atoms with Crippen LogP contribution in [0.3, 0.4) is 0 Å². The van der Waals surface area contributed by atoms with Crippen molar-refractivity contribution in [3.05, 3.63) is 54.1 Å². The zero-order valence-electron chi connectivity index (χ0n) is 18.7. The molecular formula is C23H29N3O6S. The third kappa shape index (κ3) is 6.45. The number of hydrogen-bond acceptors (Lipinski definition) is 6. The molecule has 0 radical (unpaired) electrons. The van der Waals surface area contributed by atoms with Gasteiger partial charge < -0.3 is 19.7 Å². The van der Waals surface area contributed by atoms with E-state index in [9.17, 15) is 18.0 Å². The Balaban J connectivity index is 1.55. The van der Waals surface area contributed by atoms with E-state index in [1.165, 1.54) is 19.2 Å². The molecule has 33 heavy (non-hydrogen) atoms. The van der Waals surface area contributed by atoms with Crippen LogP contribution in [0.2, 0.25) is 0 Å². The summed E-state index contributed by atoms with van der Waals surface area (Å²) in [5.74, 6) is 0.304. The predicted octanol–water partition coefficient (Wildman–Crippen LogP) is 2.11. The van der Waals surface area contributed by atoms with Crippen LogP contribution in [0.25, 0.3) is 0 Å². The molecule has 0 aliphatic carbocycles. The van der Waals surface area contributed by atoms with Crippen LogP contribution in [-0.4, -0.2) is 65.6 Å². The van der Waals surface area contributed by atoms with E-state index in [0.29, 0.717) is 56.1 Å². The molecule has 1 saturated heterocycles. The van der Waals surface area contributed by atoms with Crippen molar-refractivity contribution in [3.63, 3.8) is 0 Å². The van der Waals surface area contributed by atoms with Gasteiger partial charge in [-0.25, -0.2) is 8.42 Å². The van der Waals surface area contributed by atoms with Crippen molar-refractivity contribution in [2.24, 2.45) is 5.92 Å². The Hall–Kier alpha value is -3.11. The molecule has 2 amide bonds. The quantitative estimate of drug-likeness (QED) is 0.537. The van der Waals surface area contributed by atoms with Crippen LogP contribution in [0.15, 0.2) is 53.4 Å². The van der Waals surface area contributed by atoms with Crippen LogP contribution < -0.4 is 14.8 Å². The summed E-state index contributed by atoms with van der Waals surface area (Å²) in [7, 11) is -0.671. The minimum absolute atomic E-state index is 0.00681. The molecule has 3 rings (SSSR count). The van der Waals surface area contributed by atoms with Gasteiger partial charge in [-0.05, 0) is 61.4 Å². The molecular weight excluding hydrogens is 446 g/mol. The number of carbonyl (C=O) groups is 2. The normalized spacial score (nSPS) is 14.5. The maximum Gasteiger partial charge on any atom is 0.261 e. The van der Waals surface area contributed by atoms with Gasteiger partial charge in [0.05, 0.1) is 18.6 Å². The molecule has 10 heteroatoms. The highest BCUT2D eigenvalue weighted by Crippen LogP contribution is 2.22. The Morgan fingerprint density at radius 1 is 1.00 bits per heavy atom. The number of sulfonamides is 1. The molecule has 178 valence electrons. The first-order chi connectivity index (χ1) is 15.8. The fourth-order valence-electron chi connectivity index (χ4n) is 3.60. The predicted molar refractivity (Wildman–Crippen MR) is 124 cm³/mol. The fraction of sp³-hybridized carbons (Fsp3) is 0.391. The van der Waals surface area contributed by atoms with Gasteiger partial charge in [-0.3, -0.25) is 14.3 Å². The first kappa shape index (κ1) is 24.5. The van der Waals surface area contributed by atoms with E-state index in [1.54, 1.807) is 48.4 Å². The van der Waals surface area contributed by atoms with E-state index in [0.717, 1.165) is 0 Å². The second-order valence-corrected chi connectivity index (χ2v) is 9.39. The van der Waals surface area contributed by atoms with Crippen molar-refractivity contribution in [2.75, 3.05) is 45.2 Å². The summed E-state index contributed by atoms with van der Waals surface area (Å²) in [5, 5.41) is 2.84. The number of nitrogens with one attached hydrogen (secondary N) is 2. The van der Waals surface area contributed by atoms with E-state index in [4.69, 9.17) is 9.47 Å². The molecule has 1 aliphatic rings. The fourth-order valence-corrected chi connectivity index (χ4v) is 4.66. The molecule has 1 aliphatic heterocycles. The minimum Gasteiger partial charge on any atom is -0.497 e.